The van der Waals surface area contributed by atoms with Crippen LogP contribution < -0.4 is 10.2 Å². The number of hydrogen-bond acceptors (Lipinski definition) is 4. The first-order chi connectivity index (χ1) is 10.8. The van der Waals surface area contributed by atoms with Gasteiger partial charge in [-0.3, -0.25) is 14.9 Å². The van der Waals surface area contributed by atoms with Gasteiger partial charge < -0.3 is 10.2 Å². The highest BCUT2D eigenvalue weighted by Crippen LogP contribution is 2.26. The molecule has 0 bridgehead atoms. The van der Waals surface area contributed by atoms with Gasteiger partial charge in [-0.1, -0.05) is 0 Å². The average Bonchev–Trinajstić information content (AvgIpc) is 2.46. The van der Waals surface area contributed by atoms with Crippen molar-refractivity contribution >= 4 is 23.0 Å². The van der Waals surface area contributed by atoms with Gasteiger partial charge in [0.2, 0.25) is 0 Å². The lowest BCUT2D eigenvalue weighted by Crippen LogP contribution is -2.15. The van der Waals surface area contributed by atoms with Crippen LogP contribution in [0.1, 0.15) is 10.4 Å². The maximum absolute atomic E-state index is 13.8. The topological polar surface area (TPSA) is 75.5 Å². The van der Waals surface area contributed by atoms with E-state index in [2.05, 4.69) is 5.32 Å². The zero-order valence-corrected chi connectivity index (χ0v) is 12.3. The van der Waals surface area contributed by atoms with E-state index in [1.54, 1.807) is 0 Å². The molecule has 8 heteroatoms. The van der Waals surface area contributed by atoms with Gasteiger partial charge >= 0.3 is 0 Å². The third-order valence-corrected chi connectivity index (χ3v) is 3.06. The molecule has 0 unspecified atom stereocenters. The summed E-state index contributed by atoms with van der Waals surface area (Å²) in [6.07, 6.45) is 0. The lowest BCUT2D eigenvalue weighted by Gasteiger charge is -2.15. The van der Waals surface area contributed by atoms with Crippen LogP contribution in [-0.4, -0.2) is 24.9 Å². The van der Waals surface area contributed by atoms with Gasteiger partial charge in [-0.2, -0.15) is 0 Å². The van der Waals surface area contributed by atoms with Gasteiger partial charge in [-0.15, -0.1) is 0 Å². The minimum Gasteiger partial charge on any atom is -0.373 e. The van der Waals surface area contributed by atoms with Crippen molar-refractivity contribution < 1.29 is 18.5 Å². The van der Waals surface area contributed by atoms with E-state index in [0.29, 0.717) is 0 Å². The Morgan fingerprint density at radius 2 is 1.65 bits per heavy atom. The van der Waals surface area contributed by atoms with Gasteiger partial charge in [0.15, 0.2) is 11.6 Å². The summed E-state index contributed by atoms with van der Waals surface area (Å²) in [5.74, 6) is -2.25. The van der Waals surface area contributed by atoms with Crippen molar-refractivity contribution in [2.45, 2.75) is 0 Å². The van der Waals surface area contributed by atoms with Gasteiger partial charge in [-0.25, -0.2) is 8.78 Å². The second kappa shape index (κ2) is 6.39. The molecular weight excluding hydrogens is 308 g/mol. The van der Waals surface area contributed by atoms with E-state index in [1.807, 2.05) is 0 Å². The zero-order valence-electron chi connectivity index (χ0n) is 12.3. The normalized spacial score (nSPS) is 10.3. The molecule has 0 atom stereocenters. The SMILES string of the molecule is CN(C)c1c(F)cc(NC(=O)c2ccc([N+](=O)[O-])cc2)cc1F. The molecule has 0 aromatic heterocycles. The minimum atomic E-state index is -0.811. The van der Waals surface area contributed by atoms with Gasteiger partial charge in [0, 0.05) is 37.5 Å². The van der Waals surface area contributed by atoms with Crippen LogP contribution in [0.15, 0.2) is 36.4 Å². The van der Waals surface area contributed by atoms with Crippen molar-refractivity contribution in [3.63, 3.8) is 0 Å². The third-order valence-electron chi connectivity index (χ3n) is 3.06. The number of non-ortho nitro benzene ring substituents is 1. The van der Waals surface area contributed by atoms with Crippen molar-refractivity contribution in [2.75, 3.05) is 24.3 Å². The molecule has 0 aliphatic carbocycles. The molecule has 0 heterocycles. The van der Waals surface area contributed by atoms with Crippen LogP contribution in [0.3, 0.4) is 0 Å². The molecule has 0 aliphatic heterocycles. The molecule has 1 N–H and O–H groups in total. The zero-order chi connectivity index (χ0) is 17.1. The molecule has 0 aliphatic rings. The molecule has 120 valence electrons. The number of carbonyl (C=O) groups excluding carboxylic acids is 1. The maximum Gasteiger partial charge on any atom is 0.269 e. The van der Waals surface area contributed by atoms with Crippen LogP contribution in [0.2, 0.25) is 0 Å². The van der Waals surface area contributed by atoms with Crippen LogP contribution in [0.25, 0.3) is 0 Å². The molecule has 0 saturated carbocycles. The summed E-state index contributed by atoms with van der Waals surface area (Å²) in [4.78, 5) is 23.2. The number of amides is 1. The monoisotopic (exact) mass is 321 g/mol. The highest BCUT2D eigenvalue weighted by atomic mass is 19.1. The first-order valence-electron chi connectivity index (χ1n) is 6.51. The maximum atomic E-state index is 13.8. The smallest absolute Gasteiger partial charge is 0.269 e. The summed E-state index contributed by atoms with van der Waals surface area (Å²) in [5, 5.41) is 12.9. The molecular formula is C15H13F2N3O3. The summed E-state index contributed by atoms with van der Waals surface area (Å²) in [6, 6.07) is 6.86. The first kappa shape index (κ1) is 16.3. The molecule has 2 rings (SSSR count). The van der Waals surface area contributed by atoms with E-state index in [4.69, 9.17) is 0 Å². The minimum absolute atomic E-state index is 0.0473. The van der Waals surface area contributed by atoms with Gasteiger partial charge in [0.05, 0.1) is 4.92 Å². The number of anilines is 2. The standard InChI is InChI=1S/C15H13F2N3O3/c1-19(2)14-12(16)7-10(8-13(14)17)18-15(21)9-3-5-11(6-4-9)20(22)23/h3-8H,1-2H3,(H,18,21). The number of nitro groups is 1. The molecule has 2 aromatic carbocycles. The molecule has 23 heavy (non-hydrogen) atoms. The predicted molar refractivity (Wildman–Crippen MR) is 81.7 cm³/mol. The van der Waals surface area contributed by atoms with Gasteiger partial charge in [-0.05, 0) is 24.3 Å². The summed E-state index contributed by atoms with van der Waals surface area (Å²) >= 11 is 0. The average molecular weight is 321 g/mol. The lowest BCUT2D eigenvalue weighted by atomic mass is 10.2. The van der Waals surface area contributed by atoms with Crippen molar-refractivity contribution in [1.82, 2.24) is 0 Å². The fourth-order valence-electron chi connectivity index (χ4n) is 2.00. The largest absolute Gasteiger partial charge is 0.373 e. The number of nitrogens with one attached hydrogen (secondary N) is 1. The van der Waals surface area contributed by atoms with Gasteiger partial charge in [0.1, 0.15) is 5.69 Å². The number of hydrogen-bond donors (Lipinski definition) is 1. The number of benzene rings is 2. The number of nitrogens with zero attached hydrogens (tertiary/aromatic N) is 2. The highest BCUT2D eigenvalue weighted by molar-refractivity contribution is 6.04. The predicted octanol–water partition coefficient (Wildman–Crippen LogP) is 3.19. The summed E-state index contributed by atoms with van der Waals surface area (Å²) < 4.78 is 27.7. The van der Waals surface area contributed by atoms with E-state index in [9.17, 15) is 23.7 Å². The van der Waals surface area contributed by atoms with E-state index in [0.717, 1.165) is 12.1 Å². The lowest BCUT2D eigenvalue weighted by molar-refractivity contribution is -0.384. The quantitative estimate of drug-likeness (QED) is 0.693. The fourth-order valence-corrected chi connectivity index (χ4v) is 2.00. The van der Waals surface area contributed by atoms with Crippen LogP contribution in [-0.2, 0) is 0 Å². The van der Waals surface area contributed by atoms with E-state index in [-0.39, 0.29) is 22.6 Å². The Kier molecular flexibility index (Phi) is 4.54. The van der Waals surface area contributed by atoms with E-state index >= 15 is 0 Å². The molecule has 0 fully saturated rings. The van der Waals surface area contributed by atoms with Crippen molar-refractivity contribution in [3.8, 4) is 0 Å². The second-order valence-corrected chi connectivity index (χ2v) is 4.94. The Labute approximate surface area is 130 Å². The molecule has 0 saturated heterocycles. The Morgan fingerprint density at radius 3 is 2.09 bits per heavy atom. The molecule has 0 radical (unpaired) electrons. The summed E-state index contributed by atoms with van der Waals surface area (Å²) in [6.45, 7) is 0. The Balaban J connectivity index is 2.22. The Hall–Kier alpha value is -3.03. The molecule has 1 amide bonds. The first-order valence-corrected chi connectivity index (χ1v) is 6.51. The Bertz CT molecular complexity index is 738. The Morgan fingerprint density at radius 1 is 1.13 bits per heavy atom. The van der Waals surface area contributed by atoms with Crippen molar-refractivity contribution in [2.24, 2.45) is 0 Å². The van der Waals surface area contributed by atoms with Crippen LogP contribution in [0, 0.1) is 21.7 Å². The number of halogens is 2. The van der Waals surface area contributed by atoms with E-state index < -0.39 is 22.5 Å². The van der Waals surface area contributed by atoms with Crippen LogP contribution >= 0.6 is 0 Å². The van der Waals surface area contributed by atoms with Crippen molar-refractivity contribution in [1.29, 1.82) is 0 Å². The molecule has 0 spiro atoms. The third kappa shape index (κ3) is 3.60. The summed E-state index contributed by atoms with van der Waals surface area (Å²) in [5.41, 5.74) is -0.283. The number of nitro benzene ring substituents is 1. The van der Waals surface area contributed by atoms with Crippen LogP contribution in [0.5, 0.6) is 0 Å². The number of carbonyl (C=O) groups is 1. The fraction of sp³-hybridized carbons (Fsp3) is 0.133. The van der Waals surface area contributed by atoms with E-state index in [1.165, 1.54) is 43.3 Å². The highest BCUT2D eigenvalue weighted by Gasteiger charge is 2.15. The summed E-state index contributed by atoms with van der Waals surface area (Å²) in [7, 11) is 2.99. The second-order valence-electron chi connectivity index (χ2n) is 4.94. The molecule has 2 aromatic rings. The van der Waals surface area contributed by atoms with Gasteiger partial charge in [0.25, 0.3) is 11.6 Å². The molecule has 6 nitrogen and oxygen atoms in total. The van der Waals surface area contributed by atoms with Crippen LogP contribution in [0.4, 0.5) is 25.8 Å². The van der Waals surface area contributed by atoms with Crippen molar-refractivity contribution in [3.05, 3.63) is 63.7 Å². The number of rotatable bonds is 4.